The Hall–Kier alpha value is -1.17. The lowest BCUT2D eigenvalue weighted by molar-refractivity contribution is -0.928. The first kappa shape index (κ1) is 16.2. The summed E-state index contributed by atoms with van der Waals surface area (Å²) in [5.74, 6) is -0.549. The van der Waals surface area contributed by atoms with Crippen LogP contribution in [0.25, 0.3) is 0 Å². The van der Waals surface area contributed by atoms with Gasteiger partial charge in [-0.25, -0.2) is 4.39 Å². The average molecular weight is 316 g/mol. The van der Waals surface area contributed by atoms with Crippen molar-refractivity contribution in [1.29, 1.82) is 0 Å². The Morgan fingerprint density at radius 3 is 2.62 bits per heavy atom. The normalized spacial score (nSPS) is 27.2. The zero-order valence-corrected chi connectivity index (χ0v) is 13.2. The van der Waals surface area contributed by atoms with Crippen molar-refractivity contribution < 1.29 is 18.8 Å². The van der Waals surface area contributed by atoms with Crippen LogP contribution in [0, 0.1) is 5.82 Å². The first-order valence-corrected chi connectivity index (χ1v) is 7.50. The molecule has 1 aromatic carbocycles. The lowest BCUT2D eigenvalue weighted by Crippen LogP contribution is -3.19. The van der Waals surface area contributed by atoms with Crippen LogP contribution in [0.3, 0.4) is 0 Å². The Labute approximate surface area is 129 Å². The monoisotopic (exact) mass is 315 g/mol. The molecule has 1 fully saturated rings. The molecular weight excluding hydrogens is 295 g/mol. The number of quaternary nitrogens is 1. The van der Waals surface area contributed by atoms with E-state index in [1.807, 2.05) is 20.8 Å². The van der Waals surface area contributed by atoms with Gasteiger partial charge in [0, 0.05) is 0 Å². The molecule has 1 saturated heterocycles. The number of carbonyl (C=O) groups excluding carboxylic acids is 1. The molecule has 1 amide bonds. The van der Waals surface area contributed by atoms with Gasteiger partial charge >= 0.3 is 0 Å². The van der Waals surface area contributed by atoms with Crippen LogP contribution in [0.1, 0.15) is 20.8 Å². The van der Waals surface area contributed by atoms with E-state index >= 15 is 0 Å². The quantitative estimate of drug-likeness (QED) is 0.887. The maximum atomic E-state index is 13.0. The molecule has 0 bridgehead atoms. The summed E-state index contributed by atoms with van der Waals surface area (Å²) in [4.78, 5) is 13.5. The molecule has 4 atom stereocenters. The number of carbonyl (C=O) groups is 1. The van der Waals surface area contributed by atoms with Gasteiger partial charge in [-0.05, 0) is 39.0 Å². The van der Waals surface area contributed by atoms with Crippen molar-refractivity contribution in [1.82, 2.24) is 0 Å². The molecule has 2 N–H and O–H groups in total. The van der Waals surface area contributed by atoms with Crippen molar-refractivity contribution in [2.75, 3.05) is 18.4 Å². The molecule has 0 spiro atoms. The van der Waals surface area contributed by atoms with E-state index in [1.54, 1.807) is 0 Å². The Bertz CT molecular complexity index is 516. The van der Waals surface area contributed by atoms with Crippen molar-refractivity contribution in [3.8, 4) is 0 Å². The van der Waals surface area contributed by atoms with Crippen molar-refractivity contribution in [3.63, 3.8) is 0 Å². The summed E-state index contributed by atoms with van der Waals surface area (Å²) >= 11 is 5.93. The van der Waals surface area contributed by atoms with E-state index in [2.05, 4.69) is 5.32 Å². The zero-order valence-electron chi connectivity index (χ0n) is 12.5. The Morgan fingerprint density at radius 1 is 1.43 bits per heavy atom. The Kier molecular flexibility index (Phi) is 5.19. The van der Waals surface area contributed by atoms with Gasteiger partial charge in [0.2, 0.25) is 0 Å². The second kappa shape index (κ2) is 6.73. The number of anilines is 1. The standard InChI is InChI=1S/C15H20ClFN2O2/c1-9-7-19(8-10(2)21-9)11(3)15(20)18-14-5-4-12(17)6-13(14)16/h4-6,9-11H,7-8H2,1-3H3,(H,18,20)/p+1/t9-,10+,11-/m0/s1. The number of rotatable bonds is 3. The van der Waals surface area contributed by atoms with E-state index in [1.165, 1.54) is 23.1 Å². The number of hydrogen-bond donors (Lipinski definition) is 2. The van der Waals surface area contributed by atoms with Gasteiger partial charge < -0.3 is 15.0 Å². The summed E-state index contributed by atoms with van der Waals surface area (Å²) in [6, 6.07) is 3.72. The number of benzene rings is 1. The fourth-order valence-electron chi connectivity index (χ4n) is 2.69. The lowest BCUT2D eigenvalue weighted by atomic mass is 10.1. The van der Waals surface area contributed by atoms with E-state index in [9.17, 15) is 9.18 Å². The van der Waals surface area contributed by atoms with E-state index in [4.69, 9.17) is 16.3 Å². The fourth-order valence-corrected chi connectivity index (χ4v) is 2.90. The molecule has 0 saturated carbocycles. The molecule has 0 aromatic heterocycles. The molecule has 1 aliphatic heterocycles. The molecule has 116 valence electrons. The number of amides is 1. The highest BCUT2D eigenvalue weighted by Crippen LogP contribution is 2.22. The first-order valence-electron chi connectivity index (χ1n) is 7.12. The summed E-state index contributed by atoms with van der Waals surface area (Å²) in [6.45, 7) is 7.48. The Balaban J connectivity index is 2.02. The van der Waals surface area contributed by atoms with E-state index in [0.717, 1.165) is 13.1 Å². The maximum absolute atomic E-state index is 13.0. The highest BCUT2D eigenvalue weighted by atomic mass is 35.5. The second-order valence-electron chi connectivity index (χ2n) is 5.66. The predicted octanol–water partition coefficient (Wildman–Crippen LogP) is 1.50. The van der Waals surface area contributed by atoms with Crippen molar-refractivity contribution in [2.24, 2.45) is 0 Å². The highest BCUT2D eigenvalue weighted by molar-refractivity contribution is 6.33. The van der Waals surface area contributed by atoms with Gasteiger partial charge in [-0.3, -0.25) is 4.79 Å². The van der Waals surface area contributed by atoms with Crippen LogP contribution >= 0.6 is 11.6 Å². The molecule has 21 heavy (non-hydrogen) atoms. The number of halogens is 2. The smallest absolute Gasteiger partial charge is 0.282 e. The molecular formula is C15H21ClFN2O2+. The van der Waals surface area contributed by atoms with Crippen LogP contribution in [0.15, 0.2) is 18.2 Å². The molecule has 2 rings (SSSR count). The molecule has 1 aliphatic rings. The summed E-state index contributed by atoms with van der Waals surface area (Å²) in [7, 11) is 0. The van der Waals surface area contributed by atoms with E-state index < -0.39 is 5.82 Å². The largest absolute Gasteiger partial charge is 0.364 e. The summed E-state index contributed by atoms with van der Waals surface area (Å²) in [5, 5.41) is 2.97. The van der Waals surface area contributed by atoms with Crippen LogP contribution in [0.4, 0.5) is 10.1 Å². The molecule has 1 heterocycles. The van der Waals surface area contributed by atoms with Gasteiger partial charge in [0.05, 0.1) is 10.7 Å². The summed E-state index contributed by atoms with van der Waals surface area (Å²) < 4.78 is 18.7. The van der Waals surface area contributed by atoms with Crippen LogP contribution in [-0.2, 0) is 9.53 Å². The Morgan fingerprint density at radius 2 is 2.05 bits per heavy atom. The minimum atomic E-state index is -0.424. The zero-order chi connectivity index (χ0) is 15.6. The van der Waals surface area contributed by atoms with Gasteiger partial charge in [-0.1, -0.05) is 11.6 Å². The van der Waals surface area contributed by atoms with E-state index in [0.29, 0.717) is 5.69 Å². The topological polar surface area (TPSA) is 42.8 Å². The molecule has 1 aromatic rings. The number of nitrogens with one attached hydrogen (secondary N) is 2. The third-order valence-corrected chi connectivity index (χ3v) is 4.07. The average Bonchev–Trinajstić information content (AvgIpc) is 2.40. The highest BCUT2D eigenvalue weighted by Gasteiger charge is 2.33. The molecule has 4 nitrogen and oxygen atoms in total. The van der Waals surface area contributed by atoms with Gasteiger partial charge in [-0.15, -0.1) is 0 Å². The van der Waals surface area contributed by atoms with Crippen molar-refractivity contribution in [3.05, 3.63) is 29.0 Å². The SMILES string of the molecule is C[C@@H]1C[NH+]([C@@H](C)C(=O)Nc2ccc(F)cc2Cl)C[C@H](C)O1. The van der Waals surface area contributed by atoms with Crippen LogP contribution in [-0.4, -0.2) is 37.2 Å². The molecule has 0 aliphatic carbocycles. The lowest BCUT2D eigenvalue weighted by Gasteiger charge is -2.35. The van der Waals surface area contributed by atoms with Crippen LogP contribution in [0.5, 0.6) is 0 Å². The molecule has 6 heteroatoms. The second-order valence-corrected chi connectivity index (χ2v) is 6.07. The van der Waals surface area contributed by atoms with Gasteiger partial charge in [0.15, 0.2) is 6.04 Å². The number of morpholine rings is 1. The van der Waals surface area contributed by atoms with Crippen LogP contribution in [0.2, 0.25) is 5.02 Å². The summed E-state index contributed by atoms with van der Waals surface area (Å²) in [6.07, 6.45) is 0.266. The third-order valence-electron chi connectivity index (χ3n) is 3.76. The van der Waals surface area contributed by atoms with Gasteiger partial charge in [0.1, 0.15) is 31.1 Å². The molecule has 0 radical (unpaired) electrons. The minimum absolute atomic E-state index is 0.125. The predicted molar refractivity (Wildman–Crippen MR) is 80.2 cm³/mol. The summed E-state index contributed by atoms with van der Waals surface area (Å²) in [5.41, 5.74) is 0.434. The number of hydrogen-bond acceptors (Lipinski definition) is 2. The van der Waals surface area contributed by atoms with Gasteiger partial charge in [-0.2, -0.15) is 0 Å². The van der Waals surface area contributed by atoms with Crippen LogP contribution < -0.4 is 10.2 Å². The number of ether oxygens (including phenoxy) is 1. The first-order chi connectivity index (χ1) is 9.86. The minimum Gasteiger partial charge on any atom is -0.364 e. The molecule has 1 unspecified atom stereocenters. The van der Waals surface area contributed by atoms with Crippen molar-refractivity contribution >= 4 is 23.2 Å². The third kappa shape index (κ3) is 4.15. The van der Waals surface area contributed by atoms with Crippen molar-refractivity contribution in [2.45, 2.75) is 39.0 Å². The fraction of sp³-hybridized carbons (Fsp3) is 0.533. The maximum Gasteiger partial charge on any atom is 0.282 e. The van der Waals surface area contributed by atoms with E-state index in [-0.39, 0.29) is 29.2 Å². The van der Waals surface area contributed by atoms with Gasteiger partial charge in [0.25, 0.3) is 5.91 Å².